The van der Waals surface area contributed by atoms with Crippen molar-refractivity contribution in [1.82, 2.24) is 19.9 Å². The standard InChI is InChI=1S/C20H29N7/c1-4-15-12-21-20(22-13-15)26-9-7-17(8-10-26)27(16-5-6-16)19-11-18(25(2)3)23-14-24-19/h11-14,16-17H,4-10H2,1-3H3. The molecule has 0 unspecified atom stereocenters. The zero-order chi connectivity index (χ0) is 18.8. The summed E-state index contributed by atoms with van der Waals surface area (Å²) in [7, 11) is 4.05. The van der Waals surface area contributed by atoms with Crippen LogP contribution in [0.15, 0.2) is 24.8 Å². The van der Waals surface area contributed by atoms with Gasteiger partial charge in [0.05, 0.1) is 0 Å². The highest BCUT2D eigenvalue weighted by atomic mass is 15.3. The molecule has 7 nitrogen and oxygen atoms in total. The maximum Gasteiger partial charge on any atom is 0.225 e. The second kappa shape index (κ2) is 7.66. The van der Waals surface area contributed by atoms with E-state index in [1.165, 1.54) is 18.4 Å². The fourth-order valence-electron chi connectivity index (χ4n) is 3.79. The number of nitrogens with zero attached hydrogens (tertiary/aromatic N) is 7. The second-order valence-electron chi connectivity index (χ2n) is 7.73. The summed E-state index contributed by atoms with van der Waals surface area (Å²) in [5.41, 5.74) is 1.19. The molecule has 2 aliphatic rings. The maximum atomic E-state index is 4.60. The van der Waals surface area contributed by atoms with Gasteiger partial charge in [-0.3, -0.25) is 0 Å². The minimum absolute atomic E-state index is 0.522. The van der Waals surface area contributed by atoms with Gasteiger partial charge in [0, 0.05) is 57.7 Å². The van der Waals surface area contributed by atoms with Gasteiger partial charge < -0.3 is 14.7 Å². The third kappa shape index (κ3) is 3.96. The van der Waals surface area contributed by atoms with E-state index in [2.05, 4.69) is 42.7 Å². The third-order valence-electron chi connectivity index (χ3n) is 5.54. The Morgan fingerprint density at radius 3 is 2.15 bits per heavy atom. The van der Waals surface area contributed by atoms with Crippen LogP contribution in [0, 0.1) is 0 Å². The second-order valence-corrected chi connectivity index (χ2v) is 7.73. The number of aromatic nitrogens is 4. The lowest BCUT2D eigenvalue weighted by Gasteiger charge is -2.39. The van der Waals surface area contributed by atoms with Gasteiger partial charge in [-0.15, -0.1) is 0 Å². The van der Waals surface area contributed by atoms with E-state index in [9.17, 15) is 0 Å². The molecule has 0 atom stereocenters. The zero-order valence-electron chi connectivity index (χ0n) is 16.5. The summed E-state index contributed by atoms with van der Waals surface area (Å²) in [4.78, 5) is 25.0. The van der Waals surface area contributed by atoms with Crippen molar-refractivity contribution in [3.05, 3.63) is 30.4 Å². The summed E-state index contributed by atoms with van der Waals surface area (Å²) in [5, 5.41) is 0. The van der Waals surface area contributed by atoms with E-state index in [1.807, 2.05) is 31.4 Å². The van der Waals surface area contributed by atoms with Crippen molar-refractivity contribution in [3.63, 3.8) is 0 Å². The van der Waals surface area contributed by atoms with Crippen LogP contribution in [0.1, 0.15) is 38.2 Å². The van der Waals surface area contributed by atoms with E-state index < -0.39 is 0 Å². The summed E-state index contributed by atoms with van der Waals surface area (Å²) >= 11 is 0. The number of anilines is 3. The van der Waals surface area contributed by atoms with Gasteiger partial charge in [0.1, 0.15) is 18.0 Å². The first-order valence-corrected chi connectivity index (χ1v) is 9.99. The van der Waals surface area contributed by atoms with Crippen LogP contribution < -0.4 is 14.7 Å². The first-order chi connectivity index (χ1) is 13.2. The molecule has 0 N–H and O–H groups in total. The van der Waals surface area contributed by atoms with E-state index in [0.29, 0.717) is 12.1 Å². The van der Waals surface area contributed by atoms with Gasteiger partial charge in [0.15, 0.2) is 0 Å². The Kier molecular flexibility index (Phi) is 5.09. The average Bonchev–Trinajstić information content (AvgIpc) is 3.54. The summed E-state index contributed by atoms with van der Waals surface area (Å²) in [6.45, 7) is 4.11. The van der Waals surface area contributed by atoms with Crippen LogP contribution >= 0.6 is 0 Å². The van der Waals surface area contributed by atoms with Crippen molar-refractivity contribution in [3.8, 4) is 0 Å². The Balaban J connectivity index is 1.45. The van der Waals surface area contributed by atoms with Crippen LogP contribution in [0.25, 0.3) is 0 Å². The molecule has 27 heavy (non-hydrogen) atoms. The minimum atomic E-state index is 0.522. The molecule has 1 saturated heterocycles. The van der Waals surface area contributed by atoms with Gasteiger partial charge in [-0.2, -0.15) is 0 Å². The van der Waals surface area contributed by atoms with Crippen LogP contribution in [-0.2, 0) is 6.42 Å². The Labute approximate surface area is 161 Å². The summed E-state index contributed by atoms with van der Waals surface area (Å²) in [6.07, 6.45) is 11.3. The Morgan fingerprint density at radius 2 is 1.56 bits per heavy atom. The van der Waals surface area contributed by atoms with E-state index >= 15 is 0 Å². The lowest BCUT2D eigenvalue weighted by molar-refractivity contribution is 0.455. The van der Waals surface area contributed by atoms with Gasteiger partial charge >= 0.3 is 0 Å². The van der Waals surface area contributed by atoms with Crippen molar-refractivity contribution < 1.29 is 0 Å². The highest BCUT2D eigenvalue weighted by Crippen LogP contribution is 2.36. The molecular weight excluding hydrogens is 338 g/mol. The molecule has 2 aromatic heterocycles. The topological polar surface area (TPSA) is 61.3 Å². The molecule has 3 heterocycles. The van der Waals surface area contributed by atoms with Crippen molar-refractivity contribution in [2.45, 2.75) is 51.1 Å². The van der Waals surface area contributed by atoms with Gasteiger partial charge in [-0.1, -0.05) is 6.92 Å². The fourth-order valence-corrected chi connectivity index (χ4v) is 3.79. The van der Waals surface area contributed by atoms with Crippen LogP contribution in [0.5, 0.6) is 0 Å². The molecule has 1 aliphatic carbocycles. The summed E-state index contributed by atoms with van der Waals surface area (Å²) < 4.78 is 0. The highest BCUT2D eigenvalue weighted by Gasteiger charge is 2.37. The molecular formula is C20H29N7. The van der Waals surface area contributed by atoms with Crippen molar-refractivity contribution in [2.75, 3.05) is 41.9 Å². The van der Waals surface area contributed by atoms with Crippen molar-refractivity contribution >= 4 is 17.6 Å². The van der Waals surface area contributed by atoms with E-state index in [1.54, 1.807) is 6.33 Å². The van der Waals surface area contributed by atoms with Crippen LogP contribution in [-0.4, -0.2) is 59.2 Å². The van der Waals surface area contributed by atoms with E-state index in [-0.39, 0.29) is 0 Å². The molecule has 1 aliphatic heterocycles. The molecule has 0 spiro atoms. The SMILES string of the molecule is CCc1cnc(N2CCC(N(c3cc(N(C)C)ncn3)C3CC3)CC2)nc1. The minimum Gasteiger partial charge on any atom is -0.363 e. The van der Waals surface area contributed by atoms with Gasteiger partial charge in [0.2, 0.25) is 5.95 Å². The molecule has 0 aromatic carbocycles. The van der Waals surface area contributed by atoms with Crippen molar-refractivity contribution in [2.24, 2.45) is 0 Å². The molecule has 7 heteroatoms. The largest absolute Gasteiger partial charge is 0.363 e. The van der Waals surface area contributed by atoms with Crippen LogP contribution in [0.2, 0.25) is 0 Å². The van der Waals surface area contributed by atoms with Crippen LogP contribution in [0.4, 0.5) is 17.6 Å². The van der Waals surface area contributed by atoms with Gasteiger partial charge in [0.25, 0.3) is 0 Å². The normalized spacial score (nSPS) is 17.8. The third-order valence-corrected chi connectivity index (χ3v) is 5.54. The molecule has 4 rings (SSSR count). The van der Waals surface area contributed by atoms with Crippen LogP contribution in [0.3, 0.4) is 0 Å². The Hall–Kier alpha value is -2.44. The zero-order valence-corrected chi connectivity index (χ0v) is 16.5. The van der Waals surface area contributed by atoms with E-state index in [0.717, 1.165) is 49.9 Å². The molecule has 144 valence electrons. The molecule has 0 bridgehead atoms. The lowest BCUT2D eigenvalue weighted by Crippen LogP contribution is -2.47. The number of aryl methyl sites for hydroxylation is 1. The number of rotatable bonds is 6. The number of hydrogen-bond acceptors (Lipinski definition) is 7. The predicted molar refractivity (Wildman–Crippen MR) is 109 cm³/mol. The highest BCUT2D eigenvalue weighted by molar-refractivity contribution is 5.52. The number of piperidine rings is 1. The summed E-state index contributed by atoms with van der Waals surface area (Å²) in [6, 6.07) is 3.28. The molecule has 0 radical (unpaired) electrons. The first kappa shape index (κ1) is 17.9. The lowest BCUT2D eigenvalue weighted by atomic mass is 10.0. The monoisotopic (exact) mass is 367 g/mol. The smallest absolute Gasteiger partial charge is 0.225 e. The van der Waals surface area contributed by atoms with Gasteiger partial charge in [-0.05, 0) is 37.7 Å². The molecule has 1 saturated carbocycles. The summed E-state index contributed by atoms with van der Waals surface area (Å²) in [5.74, 6) is 2.89. The van der Waals surface area contributed by atoms with Crippen molar-refractivity contribution in [1.29, 1.82) is 0 Å². The molecule has 0 amide bonds. The molecule has 2 aromatic rings. The number of hydrogen-bond donors (Lipinski definition) is 0. The first-order valence-electron chi connectivity index (χ1n) is 9.99. The Morgan fingerprint density at radius 1 is 0.926 bits per heavy atom. The fraction of sp³-hybridized carbons (Fsp3) is 0.600. The van der Waals surface area contributed by atoms with Gasteiger partial charge in [-0.25, -0.2) is 19.9 Å². The maximum absolute atomic E-state index is 4.60. The Bertz CT molecular complexity index is 749. The average molecular weight is 368 g/mol. The molecule has 2 fully saturated rings. The van der Waals surface area contributed by atoms with E-state index in [4.69, 9.17) is 0 Å². The predicted octanol–water partition coefficient (Wildman–Crippen LogP) is 2.53. The quantitative estimate of drug-likeness (QED) is 0.777.